The van der Waals surface area contributed by atoms with Crippen molar-refractivity contribution in [3.05, 3.63) is 30.5 Å². The largest absolute Gasteiger partial charge is 0.467 e. The number of alkyl carbamates (subject to hydrolysis) is 1. The first-order chi connectivity index (χ1) is 15.8. The van der Waals surface area contributed by atoms with Crippen molar-refractivity contribution >= 4 is 6.09 Å². The molecule has 0 aromatic carbocycles. The van der Waals surface area contributed by atoms with Gasteiger partial charge < -0.3 is 20.1 Å². The molecule has 0 bridgehead atoms. The van der Waals surface area contributed by atoms with E-state index in [2.05, 4.69) is 37.5 Å². The molecule has 0 saturated heterocycles. The van der Waals surface area contributed by atoms with Gasteiger partial charge in [0.15, 0.2) is 0 Å². The highest BCUT2D eigenvalue weighted by molar-refractivity contribution is 5.68. The lowest BCUT2D eigenvalue weighted by Crippen LogP contribution is -2.44. The molecule has 2 N–H and O–H groups in total. The molecule has 0 radical (unpaired) electrons. The maximum absolute atomic E-state index is 12.0. The van der Waals surface area contributed by atoms with Crippen molar-refractivity contribution in [3.8, 4) is 17.3 Å². The highest BCUT2D eigenvalue weighted by Crippen LogP contribution is 2.25. The van der Waals surface area contributed by atoms with Crippen LogP contribution in [0, 0.1) is 0 Å². The summed E-state index contributed by atoms with van der Waals surface area (Å²) in [5.74, 6) is 0. The van der Waals surface area contributed by atoms with Crippen LogP contribution < -0.4 is 15.4 Å². The van der Waals surface area contributed by atoms with E-state index < -0.39 is 5.60 Å². The Hall–Kier alpha value is -2.81. The number of carbonyl (C=O) groups is 1. The lowest BCUT2D eigenvalue weighted by molar-refractivity contribution is 0.0489. The molecule has 3 rings (SSSR count). The van der Waals surface area contributed by atoms with Crippen molar-refractivity contribution in [2.75, 3.05) is 7.11 Å². The zero-order chi connectivity index (χ0) is 23.8. The predicted molar refractivity (Wildman–Crippen MR) is 126 cm³/mol. The van der Waals surface area contributed by atoms with Gasteiger partial charge in [0.25, 0.3) is 0 Å². The van der Waals surface area contributed by atoms with Crippen LogP contribution in [-0.2, 0) is 4.74 Å². The van der Waals surface area contributed by atoms with Gasteiger partial charge in [-0.3, -0.25) is 9.97 Å². The molecular weight excluding hydrogens is 420 g/mol. The molecule has 0 aliphatic heterocycles. The Bertz CT molecular complexity index is 875. The molecule has 1 unspecified atom stereocenters. The van der Waals surface area contributed by atoms with Crippen LogP contribution in [0.3, 0.4) is 0 Å². The van der Waals surface area contributed by atoms with E-state index in [1.54, 1.807) is 18.6 Å². The van der Waals surface area contributed by atoms with Crippen molar-refractivity contribution in [1.82, 2.24) is 30.6 Å². The first-order valence-corrected chi connectivity index (χ1v) is 11.7. The van der Waals surface area contributed by atoms with Crippen molar-refractivity contribution in [2.45, 2.75) is 89.9 Å². The van der Waals surface area contributed by atoms with Crippen LogP contribution in [0.15, 0.2) is 24.8 Å². The molecule has 1 saturated carbocycles. The van der Waals surface area contributed by atoms with Gasteiger partial charge in [0.2, 0.25) is 0 Å². The number of carbonyl (C=O) groups excluding carboxylic acids is 1. The van der Waals surface area contributed by atoms with E-state index >= 15 is 0 Å². The van der Waals surface area contributed by atoms with Crippen molar-refractivity contribution < 1.29 is 14.3 Å². The molecule has 9 nitrogen and oxygen atoms in total. The minimum absolute atomic E-state index is 0.143. The molecule has 1 amide bonds. The zero-order valence-corrected chi connectivity index (χ0v) is 20.3. The molecule has 1 aliphatic rings. The Morgan fingerprint density at radius 2 is 1.70 bits per heavy atom. The third-order valence-electron chi connectivity index (χ3n) is 5.60. The van der Waals surface area contributed by atoms with Gasteiger partial charge in [0.1, 0.15) is 5.60 Å². The van der Waals surface area contributed by atoms with Crippen LogP contribution in [0.25, 0.3) is 11.3 Å². The maximum Gasteiger partial charge on any atom is 0.407 e. The molecule has 0 spiro atoms. The standard InChI is InChI=1S/C24H36N6O3/c1-6-7-19(21-15-25-20(14-26-21)16-12-27-22(32-5)28-13-16)29-17-8-10-18(11-9-17)30-23(31)33-24(2,3)4/h12-15,17-19,29H,6-11H2,1-5H3,(H,30,31). The van der Waals surface area contributed by atoms with Crippen LogP contribution in [0.1, 0.15) is 78.0 Å². The maximum atomic E-state index is 12.0. The smallest absolute Gasteiger partial charge is 0.407 e. The highest BCUT2D eigenvalue weighted by Gasteiger charge is 2.26. The van der Waals surface area contributed by atoms with Gasteiger partial charge in [0.05, 0.1) is 36.9 Å². The summed E-state index contributed by atoms with van der Waals surface area (Å²) in [4.78, 5) is 29.6. The van der Waals surface area contributed by atoms with Crippen LogP contribution in [0.4, 0.5) is 4.79 Å². The van der Waals surface area contributed by atoms with Crippen LogP contribution in [-0.4, -0.2) is 50.8 Å². The molecular formula is C24H36N6O3. The predicted octanol–water partition coefficient (Wildman–Crippen LogP) is 4.21. The summed E-state index contributed by atoms with van der Waals surface area (Å²) in [6.45, 7) is 7.80. The van der Waals surface area contributed by atoms with Gasteiger partial charge in [0, 0.05) is 30.0 Å². The fourth-order valence-electron chi connectivity index (χ4n) is 3.99. The van der Waals surface area contributed by atoms with Crippen LogP contribution in [0.5, 0.6) is 6.01 Å². The molecule has 2 aromatic heterocycles. The second-order valence-electron chi connectivity index (χ2n) is 9.49. The minimum Gasteiger partial charge on any atom is -0.467 e. The lowest BCUT2D eigenvalue weighted by atomic mass is 9.90. The second-order valence-corrected chi connectivity index (χ2v) is 9.49. The molecule has 1 aliphatic carbocycles. The van der Waals surface area contributed by atoms with Gasteiger partial charge in [-0.1, -0.05) is 13.3 Å². The van der Waals surface area contributed by atoms with Gasteiger partial charge in [-0.2, -0.15) is 0 Å². The Balaban J connectivity index is 1.55. The average molecular weight is 457 g/mol. The summed E-state index contributed by atoms with van der Waals surface area (Å²) in [7, 11) is 1.54. The summed E-state index contributed by atoms with van der Waals surface area (Å²) in [6.07, 6.45) is 12.5. The van der Waals surface area contributed by atoms with Gasteiger partial charge in [-0.05, 0) is 52.9 Å². The fraction of sp³-hybridized carbons (Fsp3) is 0.625. The highest BCUT2D eigenvalue weighted by atomic mass is 16.6. The minimum atomic E-state index is -0.479. The van der Waals surface area contributed by atoms with E-state index in [1.165, 1.54) is 7.11 Å². The first kappa shape index (κ1) is 24.8. The number of methoxy groups -OCH3 is 1. The van der Waals surface area contributed by atoms with Crippen molar-refractivity contribution in [3.63, 3.8) is 0 Å². The molecule has 33 heavy (non-hydrogen) atoms. The monoisotopic (exact) mass is 456 g/mol. The van der Waals surface area contributed by atoms with E-state index in [4.69, 9.17) is 9.47 Å². The number of ether oxygens (including phenoxy) is 2. The van der Waals surface area contributed by atoms with Gasteiger partial charge >= 0.3 is 12.1 Å². The Labute approximate surface area is 196 Å². The Morgan fingerprint density at radius 1 is 1.03 bits per heavy atom. The second kappa shape index (κ2) is 11.4. The summed E-state index contributed by atoms with van der Waals surface area (Å²) in [5, 5.41) is 6.78. The number of rotatable bonds is 8. The molecule has 1 fully saturated rings. The number of amides is 1. The number of hydrogen-bond donors (Lipinski definition) is 2. The van der Waals surface area contributed by atoms with E-state index in [1.807, 2.05) is 27.0 Å². The molecule has 2 heterocycles. The zero-order valence-electron chi connectivity index (χ0n) is 20.3. The normalized spacial score (nSPS) is 19.5. The summed E-state index contributed by atoms with van der Waals surface area (Å²) in [5.41, 5.74) is 1.98. The van der Waals surface area contributed by atoms with E-state index in [-0.39, 0.29) is 18.2 Å². The first-order valence-electron chi connectivity index (χ1n) is 11.7. The summed E-state index contributed by atoms with van der Waals surface area (Å²) in [6, 6.07) is 1.01. The number of hydrogen-bond acceptors (Lipinski definition) is 8. The van der Waals surface area contributed by atoms with Crippen LogP contribution >= 0.6 is 0 Å². The topological polar surface area (TPSA) is 111 Å². The number of nitrogens with zero attached hydrogens (tertiary/aromatic N) is 4. The van der Waals surface area contributed by atoms with E-state index in [0.717, 1.165) is 55.5 Å². The quantitative estimate of drug-likeness (QED) is 0.608. The summed E-state index contributed by atoms with van der Waals surface area (Å²) >= 11 is 0. The van der Waals surface area contributed by atoms with Gasteiger partial charge in [-0.15, -0.1) is 0 Å². The SMILES string of the molecule is CCCC(NC1CCC(NC(=O)OC(C)(C)C)CC1)c1cnc(-c2cnc(OC)nc2)cn1. The van der Waals surface area contributed by atoms with E-state index in [0.29, 0.717) is 12.1 Å². The Kier molecular flexibility index (Phi) is 8.55. The third-order valence-corrected chi connectivity index (χ3v) is 5.60. The molecule has 2 aromatic rings. The molecule has 9 heteroatoms. The van der Waals surface area contributed by atoms with E-state index in [9.17, 15) is 4.79 Å². The number of aromatic nitrogens is 4. The average Bonchev–Trinajstić information content (AvgIpc) is 2.79. The summed E-state index contributed by atoms with van der Waals surface area (Å²) < 4.78 is 10.4. The van der Waals surface area contributed by atoms with Gasteiger partial charge in [-0.25, -0.2) is 14.8 Å². The lowest BCUT2D eigenvalue weighted by Gasteiger charge is -2.33. The van der Waals surface area contributed by atoms with Crippen molar-refractivity contribution in [1.29, 1.82) is 0 Å². The molecule has 1 atom stereocenters. The molecule has 180 valence electrons. The van der Waals surface area contributed by atoms with Crippen molar-refractivity contribution in [2.24, 2.45) is 0 Å². The number of nitrogens with one attached hydrogen (secondary N) is 2. The van der Waals surface area contributed by atoms with Crippen LogP contribution in [0.2, 0.25) is 0 Å². The fourth-order valence-corrected chi connectivity index (χ4v) is 3.99. The third kappa shape index (κ3) is 7.63. The Morgan fingerprint density at radius 3 is 2.24 bits per heavy atom.